The summed E-state index contributed by atoms with van der Waals surface area (Å²) in [5.41, 5.74) is 0. The summed E-state index contributed by atoms with van der Waals surface area (Å²) in [7, 11) is 0. The molecule has 1 nitrogen and oxygen atoms in total. The van der Waals surface area contributed by atoms with Gasteiger partial charge < -0.3 is 11.8 Å². The zero-order valence-electron chi connectivity index (χ0n) is 1.69. The Kier molecular flexibility index (Phi) is 487. The molecule has 0 unspecified atom stereocenters. The molecule has 0 aliphatic carbocycles. The molecule has 0 aliphatic heterocycles. The average Bonchev–Trinajstić information content (AvgIpc) is 1.00. The van der Waals surface area contributed by atoms with Crippen LogP contribution < -0.4 is 0 Å². The van der Waals surface area contributed by atoms with Gasteiger partial charge in [-0.1, -0.05) is 0 Å². The van der Waals surface area contributed by atoms with Crippen LogP contribution in [0.25, 0.3) is 0 Å². The largest absolute Gasteiger partial charge is 0.512 e. The van der Waals surface area contributed by atoms with E-state index in [-0.39, 0.29) is 34.1 Å². The van der Waals surface area contributed by atoms with Crippen LogP contribution in [0.1, 0.15) is 0 Å². The monoisotopic (exact) mass is 137 g/mol. The maximum absolute atomic E-state index is 6.25. The van der Waals surface area contributed by atoms with Gasteiger partial charge in [0, 0.05) is 34.1 Å². The Morgan fingerprint density at radius 2 is 1.25 bits per heavy atom. The van der Waals surface area contributed by atoms with Crippen LogP contribution in [0.4, 0.5) is 0 Å². The zero-order valence-corrected chi connectivity index (χ0v) is 4.00. The summed E-state index contributed by atoms with van der Waals surface area (Å²) < 4.78 is 0. The predicted octanol–water partition coefficient (Wildman–Crippen LogP) is 0.0914. The third-order valence-electron chi connectivity index (χ3n) is 0. The van der Waals surface area contributed by atoms with E-state index in [2.05, 4.69) is 0 Å². The molecule has 0 saturated carbocycles. The van der Waals surface area contributed by atoms with E-state index in [0.717, 1.165) is 0 Å². The fourth-order valence-electron chi connectivity index (χ4n) is 0. The molecule has 0 amide bonds. The standard InChI is InChI=1S/CN.Co.Cr/c1-2;;/q-1;;. The smallest absolute Gasteiger partial charge is 0 e. The molecule has 0 rings (SSSR count). The summed E-state index contributed by atoms with van der Waals surface area (Å²) >= 11 is 0. The zero-order chi connectivity index (χ0) is 2.00. The average molecular weight is 137 g/mol. The Morgan fingerprint density at radius 3 is 1.25 bits per heavy atom. The van der Waals surface area contributed by atoms with Crippen LogP contribution in [0.15, 0.2) is 0 Å². The van der Waals surface area contributed by atoms with E-state index < -0.39 is 0 Å². The summed E-state index contributed by atoms with van der Waals surface area (Å²) in [6.45, 7) is 4.75. The SMILES string of the molecule is [C-]#N.[Co].[Cr]. The van der Waals surface area contributed by atoms with Crippen molar-refractivity contribution in [2.45, 2.75) is 0 Å². The predicted molar refractivity (Wildman–Crippen MR) is 4.97 cm³/mol. The number of hydrogen-bond donors (Lipinski definition) is 0. The van der Waals surface area contributed by atoms with Crippen molar-refractivity contribution in [3.8, 4) is 0 Å². The molecule has 25 valence electrons. The molecule has 0 aromatic rings. The van der Waals surface area contributed by atoms with Gasteiger partial charge in [-0.2, -0.15) is 0 Å². The summed E-state index contributed by atoms with van der Waals surface area (Å²) in [5.74, 6) is 0. The van der Waals surface area contributed by atoms with Gasteiger partial charge in [-0.25, -0.2) is 0 Å². The number of rotatable bonds is 0. The molecule has 0 bridgehead atoms. The molecule has 0 atom stereocenters. The second kappa shape index (κ2) is 80.7. The van der Waals surface area contributed by atoms with Gasteiger partial charge in [-0.3, -0.25) is 0 Å². The van der Waals surface area contributed by atoms with Gasteiger partial charge in [0.2, 0.25) is 0 Å². The normalized spacial score (nSPS) is 0.500. The molecule has 0 aromatic carbocycles. The van der Waals surface area contributed by atoms with Gasteiger partial charge in [0.1, 0.15) is 0 Å². The summed E-state index contributed by atoms with van der Waals surface area (Å²) in [5, 5.41) is 6.25. The van der Waals surface area contributed by atoms with Crippen LogP contribution in [-0.4, -0.2) is 0 Å². The molecule has 0 aromatic heterocycles. The Balaban J connectivity index is -0.00000000500. The van der Waals surface area contributed by atoms with Crippen LogP contribution >= 0.6 is 0 Å². The minimum atomic E-state index is 0. The quantitative estimate of drug-likeness (QED) is 0.434. The minimum absolute atomic E-state index is 0. The summed E-state index contributed by atoms with van der Waals surface area (Å²) in [4.78, 5) is 0. The molecule has 0 saturated heterocycles. The first-order valence-corrected chi connectivity index (χ1v) is 0.224. The Labute approximate surface area is 46.3 Å². The Bertz CT molecular complexity index is 12.8. The molecule has 0 N–H and O–H groups in total. The van der Waals surface area contributed by atoms with E-state index in [1.165, 1.54) is 0 Å². The number of nitrogens with zero attached hydrogens (tertiary/aromatic N) is 1. The molecule has 1 radical (unpaired) electrons. The van der Waals surface area contributed by atoms with Gasteiger partial charge in [0.25, 0.3) is 0 Å². The van der Waals surface area contributed by atoms with Crippen molar-refractivity contribution in [3.63, 3.8) is 0 Å². The number of hydrogen-bond acceptors (Lipinski definition) is 1. The van der Waals surface area contributed by atoms with Crippen molar-refractivity contribution in [2.24, 2.45) is 0 Å². The van der Waals surface area contributed by atoms with Crippen molar-refractivity contribution in [2.75, 3.05) is 0 Å². The van der Waals surface area contributed by atoms with E-state index >= 15 is 0 Å². The second-order valence-corrected chi connectivity index (χ2v) is 0. The van der Waals surface area contributed by atoms with Gasteiger partial charge in [-0.05, 0) is 0 Å². The third kappa shape index (κ3) is 21.1. The summed E-state index contributed by atoms with van der Waals surface area (Å²) in [6.07, 6.45) is 0. The fraction of sp³-hybridized carbons (Fsp3) is 0. The molecule has 4 heavy (non-hydrogen) atoms. The van der Waals surface area contributed by atoms with Crippen LogP contribution in [0.5, 0.6) is 0 Å². The molecular formula is CCoCrN-. The first kappa shape index (κ1) is 24.1. The van der Waals surface area contributed by atoms with Crippen LogP contribution in [0.3, 0.4) is 0 Å². The van der Waals surface area contributed by atoms with Crippen molar-refractivity contribution >= 4 is 0 Å². The van der Waals surface area contributed by atoms with Crippen molar-refractivity contribution in [3.05, 3.63) is 6.57 Å². The van der Waals surface area contributed by atoms with Crippen LogP contribution in [-0.2, 0) is 34.1 Å². The second-order valence-electron chi connectivity index (χ2n) is 0. The first-order chi connectivity index (χ1) is 1.00. The van der Waals surface area contributed by atoms with E-state index in [1.54, 1.807) is 0 Å². The van der Waals surface area contributed by atoms with Crippen molar-refractivity contribution in [1.82, 2.24) is 0 Å². The molecule has 3 heteroatoms. The molecule has 0 aliphatic rings. The van der Waals surface area contributed by atoms with Crippen LogP contribution in [0.2, 0.25) is 0 Å². The van der Waals surface area contributed by atoms with E-state index in [1.807, 2.05) is 0 Å². The van der Waals surface area contributed by atoms with E-state index in [4.69, 9.17) is 11.8 Å². The first-order valence-electron chi connectivity index (χ1n) is 0.224. The fourth-order valence-corrected chi connectivity index (χ4v) is 0. The maximum atomic E-state index is 6.25. The van der Waals surface area contributed by atoms with Crippen molar-refractivity contribution < 1.29 is 34.1 Å². The molecule has 0 fully saturated rings. The van der Waals surface area contributed by atoms with Gasteiger partial charge in [0.05, 0.1) is 0 Å². The molecule has 0 heterocycles. The molecular weight excluding hydrogens is 137 g/mol. The minimum Gasteiger partial charge on any atom is -0.512 e. The van der Waals surface area contributed by atoms with Crippen molar-refractivity contribution in [1.29, 1.82) is 5.26 Å². The Morgan fingerprint density at radius 1 is 1.25 bits per heavy atom. The van der Waals surface area contributed by atoms with Gasteiger partial charge >= 0.3 is 0 Å². The maximum Gasteiger partial charge on any atom is 0 e. The Hall–Kier alpha value is 0.529. The third-order valence-corrected chi connectivity index (χ3v) is 0. The van der Waals surface area contributed by atoms with E-state index in [0.29, 0.717) is 0 Å². The van der Waals surface area contributed by atoms with Gasteiger partial charge in [0.15, 0.2) is 0 Å². The van der Waals surface area contributed by atoms with E-state index in [9.17, 15) is 0 Å². The van der Waals surface area contributed by atoms with Gasteiger partial charge in [-0.15, -0.1) is 0 Å². The molecule has 0 spiro atoms. The summed E-state index contributed by atoms with van der Waals surface area (Å²) in [6, 6.07) is 0. The van der Waals surface area contributed by atoms with Crippen LogP contribution in [0, 0.1) is 11.8 Å². The topological polar surface area (TPSA) is 23.8 Å².